The van der Waals surface area contributed by atoms with Crippen LogP contribution in [-0.4, -0.2) is 176 Å². The van der Waals surface area contributed by atoms with Gasteiger partial charge in [-0.3, -0.25) is 0 Å². The molecule has 20 nitrogen and oxygen atoms in total. The predicted octanol–water partition coefficient (Wildman–Crippen LogP) is 14.3. The smallest absolute Gasteiger partial charge is 0.354 e. The highest BCUT2D eigenvalue weighted by atomic mass is 35.5. The molecule has 2 aliphatic rings. The summed E-state index contributed by atoms with van der Waals surface area (Å²) in [5, 5.41) is 30.5. The highest BCUT2D eigenvalue weighted by molar-refractivity contribution is 7.99. The number of hydrogen-bond acceptors (Lipinski definition) is 22. The van der Waals surface area contributed by atoms with E-state index < -0.39 is 78.1 Å². The number of esters is 4. The van der Waals surface area contributed by atoms with Crippen LogP contribution in [0.2, 0.25) is 24.5 Å². The van der Waals surface area contributed by atoms with E-state index in [-0.39, 0.29) is 55.4 Å². The van der Waals surface area contributed by atoms with E-state index in [4.69, 9.17) is 65.9 Å². The molecule has 2 fully saturated rings. The normalized spacial score (nSPS) is 20.3. The number of rotatable bonds is 20. The highest BCUT2D eigenvalue weighted by Crippen LogP contribution is 2.50. The molecule has 0 saturated carbocycles. The zero-order valence-electron chi connectivity index (χ0n) is 55.7. The van der Waals surface area contributed by atoms with Crippen molar-refractivity contribution in [2.75, 3.05) is 50.2 Å². The molecule has 10 rings (SSSR count). The summed E-state index contributed by atoms with van der Waals surface area (Å²) < 4.78 is 97.2. The van der Waals surface area contributed by atoms with Crippen LogP contribution in [-0.2, 0) is 34.2 Å². The number of carbonyl (C=O) groups is 4. The molecule has 0 amide bonds. The first-order valence-electron chi connectivity index (χ1n) is 30.5. The number of aliphatic hydroxyl groups is 2. The number of imidazole rings is 2. The van der Waals surface area contributed by atoms with Gasteiger partial charge in [0.15, 0.2) is 29.2 Å². The molecule has 0 spiro atoms. The third kappa shape index (κ3) is 22.1. The van der Waals surface area contributed by atoms with Gasteiger partial charge in [0, 0.05) is 24.6 Å². The Labute approximate surface area is 595 Å². The molecular weight excluding hydrogens is 1420 g/mol. The minimum atomic E-state index is -2.73. The number of nitrogens with zero attached hydrogens (tertiary/aromatic N) is 8. The number of alkyl halides is 4. The van der Waals surface area contributed by atoms with Gasteiger partial charge < -0.3 is 42.9 Å². The molecule has 4 aromatic carbocycles. The summed E-state index contributed by atoms with van der Waals surface area (Å²) in [5.41, 5.74) is -3.02. The SMILES string of the molecule is CCO.CC[B]F.CC[SiH](CC)CC.CSc1nc(SC)c2ncc(C3(O)O[C@H](COC(=O)c4ccccc4)[C@@H](OC(=O)c4ccccc4)[C@@]3(C)F)n2n1.CSc1nc(SC)c2ncc([C@@H]3O[C@H](COC(=O)c4ccccc4)[C@@H](OC(=O)c4ccccc4)[C@@]3(C)F)n2n1.ClCCl.FF. The van der Waals surface area contributed by atoms with Crippen LogP contribution >= 0.6 is 70.2 Å². The number of aromatic nitrogens is 8. The van der Waals surface area contributed by atoms with Gasteiger partial charge in [0.2, 0.25) is 16.0 Å². The highest BCUT2D eigenvalue weighted by Gasteiger charge is 2.69. The molecule has 2 aliphatic heterocycles. The monoisotopic (exact) mass is 1500 g/mol. The molecule has 8 atom stereocenters. The molecule has 8 aromatic rings. The molecule has 33 heteroatoms. The average Bonchev–Trinajstić information content (AvgIpc) is 1.56. The second kappa shape index (κ2) is 42.7. The van der Waals surface area contributed by atoms with Crippen LogP contribution in [0.5, 0.6) is 0 Å². The Morgan fingerprint density at radius 2 is 0.980 bits per heavy atom. The van der Waals surface area contributed by atoms with Crippen molar-refractivity contribution in [2.24, 2.45) is 0 Å². The van der Waals surface area contributed by atoms with Gasteiger partial charge in [-0.2, -0.15) is 0 Å². The van der Waals surface area contributed by atoms with Crippen molar-refractivity contribution in [1.29, 1.82) is 0 Å². The maximum absolute atomic E-state index is 16.9. The summed E-state index contributed by atoms with van der Waals surface area (Å²) in [7, 11) is 0.454. The summed E-state index contributed by atoms with van der Waals surface area (Å²) in [6.45, 7) is 12.2. The lowest BCUT2D eigenvalue weighted by molar-refractivity contribution is -0.256. The lowest BCUT2D eigenvalue weighted by Crippen LogP contribution is -2.51. The summed E-state index contributed by atoms with van der Waals surface area (Å²) in [6, 6.07) is 37.4. The van der Waals surface area contributed by atoms with Crippen LogP contribution in [0.3, 0.4) is 0 Å². The molecule has 4 aromatic heterocycles. The molecule has 0 aliphatic carbocycles. The molecule has 0 bridgehead atoms. The topological polar surface area (TPSA) is 250 Å². The molecule has 1 radical (unpaired) electrons. The van der Waals surface area contributed by atoms with Crippen LogP contribution in [0.25, 0.3) is 11.3 Å². The van der Waals surface area contributed by atoms with Gasteiger partial charge in [0.1, 0.15) is 47.3 Å². The number of benzene rings is 4. The number of halogens is 7. The van der Waals surface area contributed by atoms with Crippen molar-refractivity contribution in [2.45, 2.75) is 141 Å². The zero-order chi connectivity index (χ0) is 72.6. The number of ether oxygens (including phenoxy) is 6. The molecule has 6 heterocycles. The van der Waals surface area contributed by atoms with Gasteiger partial charge in [0.05, 0.1) is 45.7 Å². The van der Waals surface area contributed by atoms with Crippen molar-refractivity contribution >= 4 is 122 Å². The Morgan fingerprint density at radius 3 is 1.36 bits per heavy atom. The van der Waals surface area contributed by atoms with Crippen molar-refractivity contribution in [1.82, 2.24) is 39.2 Å². The quantitative estimate of drug-likeness (QED) is 0.0180. The van der Waals surface area contributed by atoms with Gasteiger partial charge in [-0.15, -0.1) is 56.9 Å². The third-order valence-corrected chi connectivity index (χ3v) is 20.6. The Hall–Kier alpha value is -6.39. The minimum absolute atomic E-state index is 0.141. The lowest BCUT2D eigenvalue weighted by atomic mass is 9.89. The molecule has 2 saturated heterocycles. The van der Waals surface area contributed by atoms with E-state index in [9.17, 15) is 28.6 Å². The fraction of sp³-hybridized carbons (Fsp3) is 0.415. The number of fused-ring (bicyclic) bond motifs is 2. The third-order valence-electron chi connectivity index (χ3n) is 14.7. The van der Waals surface area contributed by atoms with Crippen LogP contribution in [0.4, 0.5) is 22.2 Å². The molecule has 1 unspecified atom stereocenters. The molecule has 531 valence electrons. The molecule has 98 heavy (non-hydrogen) atoms. The van der Waals surface area contributed by atoms with Crippen molar-refractivity contribution in [3.63, 3.8) is 0 Å². The van der Waals surface area contributed by atoms with E-state index in [2.05, 4.69) is 50.9 Å². The summed E-state index contributed by atoms with van der Waals surface area (Å²) in [6.07, 6.45) is 3.73. The van der Waals surface area contributed by atoms with E-state index in [0.29, 0.717) is 51.1 Å². The van der Waals surface area contributed by atoms with Crippen LogP contribution in [0.15, 0.2) is 154 Å². The Bertz CT molecular complexity index is 3710. The van der Waals surface area contributed by atoms with Crippen LogP contribution in [0.1, 0.15) is 107 Å². The summed E-state index contributed by atoms with van der Waals surface area (Å²) in [5.74, 6) is -5.55. The Morgan fingerprint density at radius 1 is 0.612 bits per heavy atom. The van der Waals surface area contributed by atoms with E-state index in [1.807, 2.05) is 12.5 Å². The van der Waals surface area contributed by atoms with E-state index in [1.165, 1.54) is 106 Å². The van der Waals surface area contributed by atoms with Crippen molar-refractivity contribution in [3.05, 3.63) is 167 Å². The molecular formula is C65H79BCl2F5N8O12S4Si. The number of aliphatic hydroxyl groups excluding tert-OH is 1. The lowest BCUT2D eigenvalue weighted by Gasteiger charge is -2.32. The second-order valence-electron chi connectivity index (χ2n) is 21.0. The van der Waals surface area contributed by atoms with Gasteiger partial charge in [-0.25, -0.2) is 56.9 Å². The predicted molar refractivity (Wildman–Crippen MR) is 376 cm³/mol. The summed E-state index contributed by atoms with van der Waals surface area (Å²) in [4.78, 5) is 68.8. The first kappa shape index (κ1) is 84.0. The largest absolute Gasteiger partial charge is 0.459 e. The Balaban J connectivity index is 0.000000331. The van der Waals surface area contributed by atoms with Crippen LogP contribution in [0, 0.1) is 0 Å². The fourth-order valence-corrected chi connectivity index (χ4v) is 13.2. The van der Waals surface area contributed by atoms with Gasteiger partial charge in [-0.1, -0.05) is 142 Å². The van der Waals surface area contributed by atoms with E-state index in [0.717, 1.165) is 6.92 Å². The second-order valence-corrected chi connectivity index (χ2v) is 29.1. The van der Waals surface area contributed by atoms with Gasteiger partial charge in [0.25, 0.3) is 5.79 Å². The number of hydrogen-bond donors (Lipinski definition) is 2. The maximum atomic E-state index is 16.9. The zero-order valence-corrected chi connectivity index (χ0v) is 61.7. The van der Waals surface area contributed by atoms with Gasteiger partial charge >= 0.3 is 31.4 Å². The first-order valence-corrected chi connectivity index (χ1v) is 38.9. The van der Waals surface area contributed by atoms with Crippen molar-refractivity contribution < 1.29 is 80.1 Å². The van der Waals surface area contributed by atoms with Crippen LogP contribution < -0.4 is 0 Å². The van der Waals surface area contributed by atoms with Crippen molar-refractivity contribution in [3.8, 4) is 0 Å². The van der Waals surface area contributed by atoms with E-state index >= 15 is 8.78 Å². The first-order chi connectivity index (χ1) is 47.1. The van der Waals surface area contributed by atoms with Gasteiger partial charge in [-0.05, 0) is 101 Å². The maximum Gasteiger partial charge on any atom is 0.354 e. The minimum Gasteiger partial charge on any atom is -0.459 e. The van der Waals surface area contributed by atoms with E-state index in [1.54, 1.807) is 136 Å². The molecule has 2 N–H and O–H groups in total. The Kier molecular flexibility index (Phi) is 36.6. The number of thioether (sulfide) groups is 4. The average molecular weight is 1500 g/mol. The number of carbonyl (C=O) groups excluding carboxylic acids is 4. The standard InChI is InChI=1S/C27H25FN4O6S2.C27H25FN4O5S2.C6H16Si.C2H5BF.C2H6O.CH2Cl2.F2/c1-26(28)20(37-24(34)17-12-8-5-9-13-17)18(15-36-23(33)16-10-6-4-7-11-16)38-27(26,35)19-14-29-21-22(39-2)30-25(40-3)31-32(19)21;1-27(28)20(18-14-29-22-23(38-2)30-26(39-3)31-32(18)22)36-19(15-35-24(33)16-10-6-4-7-11-16)21(27)37-25(34)17-12-8-5-9-13-17;1-4-7(5-2)6-3;1-2-3-4;1-2-3;2-1-3;1-2/h4-14,18,20,35H,15H2,1-3H3;4-14,19-21H,15H2,1-3H3;7H,4-6H2,1-3H3;2H2,1H3;3H,2H2,1H3;1H2;/t18-,20-,26-,27?;19-,20+,21-,27+;;;;;/m11...../s1. The summed E-state index contributed by atoms with van der Waals surface area (Å²) >= 11 is 14.8. The fourth-order valence-electron chi connectivity index (χ4n) is 9.69.